The Kier molecular flexibility index (Phi) is 1.98. The SMILES string of the molecule is OCCc1nc2ccc(F)cc2[nH]1. The minimum Gasteiger partial charge on any atom is -0.396 e. The van der Waals surface area contributed by atoms with Crippen molar-refractivity contribution in [2.75, 3.05) is 6.61 Å². The maximum absolute atomic E-state index is 12.7. The molecule has 68 valence electrons. The van der Waals surface area contributed by atoms with E-state index in [1.807, 2.05) is 0 Å². The molecule has 13 heavy (non-hydrogen) atoms. The van der Waals surface area contributed by atoms with E-state index in [0.717, 1.165) is 5.52 Å². The molecule has 0 fully saturated rings. The van der Waals surface area contributed by atoms with Crippen molar-refractivity contribution in [3.8, 4) is 0 Å². The number of aliphatic hydroxyl groups excluding tert-OH is 1. The summed E-state index contributed by atoms with van der Waals surface area (Å²) in [5.41, 5.74) is 1.40. The highest BCUT2D eigenvalue weighted by Gasteiger charge is 2.02. The van der Waals surface area contributed by atoms with Crippen LogP contribution in [0.4, 0.5) is 4.39 Å². The van der Waals surface area contributed by atoms with Crippen molar-refractivity contribution < 1.29 is 9.50 Å². The van der Waals surface area contributed by atoms with Crippen molar-refractivity contribution >= 4 is 11.0 Å². The molecule has 0 aliphatic carbocycles. The van der Waals surface area contributed by atoms with Gasteiger partial charge in [-0.15, -0.1) is 0 Å². The van der Waals surface area contributed by atoms with Crippen LogP contribution in [0, 0.1) is 5.82 Å². The zero-order valence-electron chi connectivity index (χ0n) is 6.92. The van der Waals surface area contributed by atoms with E-state index in [2.05, 4.69) is 9.97 Å². The molecule has 0 saturated heterocycles. The number of benzene rings is 1. The summed E-state index contributed by atoms with van der Waals surface area (Å²) in [5, 5.41) is 8.67. The molecule has 4 heteroatoms. The van der Waals surface area contributed by atoms with Crippen LogP contribution < -0.4 is 0 Å². The Labute approximate surface area is 74.2 Å². The third-order valence-corrected chi connectivity index (χ3v) is 1.84. The van der Waals surface area contributed by atoms with Crippen molar-refractivity contribution in [3.63, 3.8) is 0 Å². The second-order valence-electron chi connectivity index (χ2n) is 2.82. The Morgan fingerprint density at radius 1 is 1.46 bits per heavy atom. The standard InChI is InChI=1S/C9H9FN2O/c10-6-1-2-7-8(5-6)12-9(11-7)3-4-13/h1-2,5,13H,3-4H2,(H,11,12). The average molecular weight is 180 g/mol. The predicted octanol–water partition coefficient (Wildman–Crippen LogP) is 1.24. The van der Waals surface area contributed by atoms with Crippen LogP contribution in [-0.2, 0) is 6.42 Å². The first-order valence-electron chi connectivity index (χ1n) is 4.04. The van der Waals surface area contributed by atoms with Gasteiger partial charge < -0.3 is 10.1 Å². The Hall–Kier alpha value is -1.42. The van der Waals surface area contributed by atoms with Crippen LogP contribution in [0.15, 0.2) is 18.2 Å². The molecule has 0 aliphatic rings. The first-order valence-corrected chi connectivity index (χ1v) is 4.04. The largest absolute Gasteiger partial charge is 0.396 e. The second kappa shape index (κ2) is 3.14. The fraction of sp³-hybridized carbons (Fsp3) is 0.222. The summed E-state index contributed by atoms with van der Waals surface area (Å²) in [4.78, 5) is 7.09. The zero-order chi connectivity index (χ0) is 9.26. The van der Waals surface area contributed by atoms with Crippen molar-refractivity contribution in [2.45, 2.75) is 6.42 Å². The summed E-state index contributed by atoms with van der Waals surface area (Å²) < 4.78 is 12.7. The third kappa shape index (κ3) is 1.53. The van der Waals surface area contributed by atoms with Crippen LogP contribution in [-0.4, -0.2) is 21.7 Å². The number of hydrogen-bond donors (Lipinski definition) is 2. The van der Waals surface area contributed by atoms with Crippen LogP contribution in [0.3, 0.4) is 0 Å². The summed E-state index contributed by atoms with van der Waals surface area (Å²) in [6.45, 7) is 0.0440. The number of rotatable bonds is 2. The van der Waals surface area contributed by atoms with E-state index in [-0.39, 0.29) is 12.4 Å². The van der Waals surface area contributed by atoms with Gasteiger partial charge in [-0.3, -0.25) is 0 Å². The van der Waals surface area contributed by atoms with E-state index in [1.54, 1.807) is 6.07 Å². The van der Waals surface area contributed by atoms with Gasteiger partial charge in [-0.05, 0) is 18.2 Å². The Morgan fingerprint density at radius 3 is 3.08 bits per heavy atom. The molecule has 0 radical (unpaired) electrons. The quantitative estimate of drug-likeness (QED) is 0.730. The summed E-state index contributed by atoms with van der Waals surface area (Å²) in [6, 6.07) is 4.37. The summed E-state index contributed by atoms with van der Waals surface area (Å²) in [6.07, 6.45) is 0.469. The van der Waals surface area contributed by atoms with Crippen LogP contribution in [0.5, 0.6) is 0 Å². The molecule has 0 spiro atoms. The van der Waals surface area contributed by atoms with E-state index >= 15 is 0 Å². The maximum Gasteiger partial charge on any atom is 0.125 e. The van der Waals surface area contributed by atoms with Crippen LogP contribution in [0.25, 0.3) is 11.0 Å². The number of imidazole rings is 1. The van der Waals surface area contributed by atoms with Gasteiger partial charge in [0.1, 0.15) is 11.6 Å². The second-order valence-corrected chi connectivity index (χ2v) is 2.82. The van der Waals surface area contributed by atoms with Gasteiger partial charge in [0, 0.05) is 6.42 Å². The van der Waals surface area contributed by atoms with Gasteiger partial charge in [0.15, 0.2) is 0 Å². The predicted molar refractivity (Wildman–Crippen MR) is 46.8 cm³/mol. The highest BCUT2D eigenvalue weighted by Crippen LogP contribution is 2.12. The van der Waals surface area contributed by atoms with Gasteiger partial charge in [-0.2, -0.15) is 0 Å². The Balaban J connectivity index is 2.49. The topological polar surface area (TPSA) is 48.9 Å². The fourth-order valence-electron chi connectivity index (χ4n) is 1.26. The highest BCUT2D eigenvalue weighted by molar-refractivity contribution is 5.74. The number of aromatic nitrogens is 2. The number of aliphatic hydroxyl groups is 1. The number of nitrogens with one attached hydrogen (secondary N) is 1. The molecule has 2 aromatic rings. The van der Waals surface area contributed by atoms with Crippen LogP contribution >= 0.6 is 0 Å². The van der Waals surface area contributed by atoms with Gasteiger partial charge in [-0.25, -0.2) is 9.37 Å². The van der Waals surface area contributed by atoms with Gasteiger partial charge >= 0.3 is 0 Å². The molecule has 1 aromatic carbocycles. The van der Waals surface area contributed by atoms with E-state index < -0.39 is 0 Å². The lowest BCUT2D eigenvalue weighted by molar-refractivity contribution is 0.297. The molecule has 0 aliphatic heterocycles. The molecule has 1 aromatic heterocycles. The van der Waals surface area contributed by atoms with E-state index in [0.29, 0.717) is 17.8 Å². The number of halogens is 1. The van der Waals surface area contributed by atoms with E-state index in [1.165, 1.54) is 12.1 Å². The molecule has 0 atom stereocenters. The van der Waals surface area contributed by atoms with Gasteiger partial charge in [-0.1, -0.05) is 0 Å². The number of hydrogen-bond acceptors (Lipinski definition) is 2. The average Bonchev–Trinajstić information content (AvgIpc) is 2.46. The molecular weight excluding hydrogens is 171 g/mol. The number of fused-ring (bicyclic) bond motifs is 1. The van der Waals surface area contributed by atoms with Crippen molar-refractivity contribution in [3.05, 3.63) is 29.8 Å². The lowest BCUT2D eigenvalue weighted by atomic mass is 10.3. The molecule has 2 rings (SSSR count). The summed E-state index contributed by atoms with van der Waals surface area (Å²) in [7, 11) is 0. The third-order valence-electron chi connectivity index (χ3n) is 1.84. The lowest BCUT2D eigenvalue weighted by Gasteiger charge is -1.87. The molecular formula is C9H9FN2O. The number of H-pyrrole nitrogens is 1. The normalized spacial score (nSPS) is 10.9. The van der Waals surface area contributed by atoms with Crippen LogP contribution in [0.1, 0.15) is 5.82 Å². The first kappa shape index (κ1) is 8.19. The molecule has 0 unspecified atom stereocenters. The molecule has 1 heterocycles. The molecule has 0 amide bonds. The first-order chi connectivity index (χ1) is 6.29. The lowest BCUT2D eigenvalue weighted by Crippen LogP contribution is -1.91. The van der Waals surface area contributed by atoms with Crippen LogP contribution in [0.2, 0.25) is 0 Å². The molecule has 3 nitrogen and oxygen atoms in total. The monoisotopic (exact) mass is 180 g/mol. The minimum absolute atomic E-state index is 0.0440. The Bertz CT molecular complexity index is 424. The number of nitrogens with zero attached hydrogens (tertiary/aromatic N) is 1. The van der Waals surface area contributed by atoms with Crippen molar-refractivity contribution in [1.29, 1.82) is 0 Å². The van der Waals surface area contributed by atoms with E-state index in [4.69, 9.17) is 5.11 Å². The van der Waals surface area contributed by atoms with Crippen molar-refractivity contribution in [1.82, 2.24) is 9.97 Å². The molecule has 0 bridgehead atoms. The molecule has 2 N–H and O–H groups in total. The van der Waals surface area contributed by atoms with E-state index in [9.17, 15) is 4.39 Å². The summed E-state index contributed by atoms with van der Waals surface area (Å²) in [5.74, 6) is 0.398. The Morgan fingerprint density at radius 2 is 2.31 bits per heavy atom. The smallest absolute Gasteiger partial charge is 0.125 e. The van der Waals surface area contributed by atoms with Gasteiger partial charge in [0.25, 0.3) is 0 Å². The van der Waals surface area contributed by atoms with Gasteiger partial charge in [0.2, 0.25) is 0 Å². The summed E-state index contributed by atoms with van der Waals surface area (Å²) >= 11 is 0. The highest BCUT2D eigenvalue weighted by atomic mass is 19.1. The molecule has 0 saturated carbocycles. The fourth-order valence-corrected chi connectivity index (χ4v) is 1.26. The number of aromatic amines is 1. The minimum atomic E-state index is -0.285. The zero-order valence-corrected chi connectivity index (χ0v) is 6.92. The van der Waals surface area contributed by atoms with Crippen molar-refractivity contribution in [2.24, 2.45) is 0 Å². The maximum atomic E-state index is 12.7. The van der Waals surface area contributed by atoms with Gasteiger partial charge in [0.05, 0.1) is 17.6 Å².